The second-order valence-electron chi connectivity index (χ2n) is 5.78. The summed E-state index contributed by atoms with van der Waals surface area (Å²) >= 11 is 0. The molecule has 2 unspecified atom stereocenters. The molecule has 0 aliphatic carbocycles. The lowest BCUT2D eigenvalue weighted by molar-refractivity contribution is -0.137. The van der Waals surface area contributed by atoms with Gasteiger partial charge in [-0.15, -0.1) is 0 Å². The maximum atomic E-state index is 12.8. The Labute approximate surface area is 121 Å². The SMILES string of the molecule is CC1CCCNC1c1nc2cc(C(F)(F)F)ccc2n1C. The predicted octanol–water partition coefficient (Wildman–Crippen LogP) is 3.65. The minimum absolute atomic E-state index is 0.102. The average molecular weight is 297 g/mol. The zero-order chi connectivity index (χ0) is 15.2. The van der Waals surface area contributed by atoms with Gasteiger partial charge in [-0.1, -0.05) is 6.92 Å². The van der Waals surface area contributed by atoms with Crippen LogP contribution in [-0.4, -0.2) is 16.1 Å². The Kier molecular flexibility index (Phi) is 3.43. The average Bonchev–Trinajstić information content (AvgIpc) is 2.75. The summed E-state index contributed by atoms with van der Waals surface area (Å²) in [5, 5.41) is 3.43. The minimum Gasteiger partial charge on any atom is -0.330 e. The second-order valence-corrected chi connectivity index (χ2v) is 5.78. The van der Waals surface area contributed by atoms with Crippen molar-refractivity contribution in [3.63, 3.8) is 0 Å². The van der Waals surface area contributed by atoms with Crippen molar-refractivity contribution in [1.82, 2.24) is 14.9 Å². The first kappa shape index (κ1) is 14.4. The molecule has 6 heteroatoms. The molecule has 1 saturated heterocycles. The fraction of sp³-hybridized carbons (Fsp3) is 0.533. The van der Waals surface area contributed by atoms with Crippen LogP contribution in [0.2, 0.25) is 0 Å². The highest BCUT2D eigenvalue weighted by Crippen LogP contribution is 2.33. The highest BCUT2D eigenvalue weighted by Gasteiger charge is 2.32. The Bertz CT molecular complexity index is 660. The molecule has 1 N–H and O–H groups in total. The van der Waals surface area contributed by atoms with Gasteiger partial charge in [0.2, 0.25) is 0 Å². The van der Waals surface area contributed by atoms with E-state index in [0.29, 0.717) is 11.4 Å². The molecule has 3 nitrogen and oxygen atoms in total. The molecule has 3 rings (SSSR count). The molecule has 0 amide bonds. The van der Waals surface area contributed by atoms with Crippen molar-refractivity contribution in [2.45, 2.75) is 32.0 Å². The summed E-state index contributed by atoms with van der Waals surface area (Å²) in [6.07, 6.45) is -2.10. The van der Waals surface area contributed by atoms with Crippen LogP contribution in [0.15, 0.2) is 18.2 Å². The van der Waals surface area contributed by atoms with E-state index in [1.807, 2.05) is 11.6 Å². The number of piperidine rings is 1. The van der Waals surface area contributed by atoms with Gasteiger partial charge in [-0.3, -0.25) is 0 Å². The van der Waals surface area contributed by atoms with Gasteiger partial charge in [0, 0.05) is 7.05 Å². The molecular formula is C15H18F3N3. The lowest BCUT2D eigenvalue weighted by Crippen LogP contribution is -2.34. The van der Waals surface area contributed by atoms with Gasteiger partial charge >= 0.3 is 6.18 Å². The Morgan fingerprint density at radius 1 is 1.33 bits per heavy atom. The number of rotatable bonds is 1. The standard InChI is InChI=1S/C15H18F3N3/c1-9-4-3-7-19-13(9)14-20-11-8-10(15(16,17)18)5-6-12(11)21(14)2/h5-6,8-9,13,19H,3-4,7H2,1-2H3. The lowest BCUT2D eigenvalue weighted by Gasteiger charge is -2.29. The first-order chi connectivity index (χ1) is 9.88. The summed E-state index contributed by atoms with van der Waals surface area (Å²) in [5.41, 5.74) is 0.490. The van der Waals surface area contributed by atoms with Crippen LogP contribution in [0.3, 0.4) is 0 Å². The zero-order valence-electron chi connectivity index (χ0n) is 12.0. The van der Waals surface area contributed by atoms with Crippen molar-refractivity contribution < 1.29 is 13.2 Å². The number of aryl methyl sites for hydroxylation is 1. The Morgan fingerprint density at radius 2 is 2.10 bits per heavy atom. The first-order valence-corrected chi connectivity index (χ1v) is 7.15. The molecule has 21 heavy (non-hydrogen) atoms. The number of hydrogen-bond acceptors (Lipinski definition) is 2. The number of fused-ring (bicyclic) bond motifs is 1. The maximum absolute atomic E-state index is 12.8. The summed E-state index contributed by atoms with van der Waals surface area (Å²) in [7, 11) is 1.86. The Morgan fingerprint density at radius 3 is 2.76 bits per heavy atom. The number of imidazole rings is 1. The quantitative estimate of drug-likeness (QED) is 0.870. The minimum atomic E-state index is -4.33. The van der Waals surface area contributed by atoms with Gasteiger partial charge in [0.25, 0.3) is 0 Å². The van der Waals surface area contributed by atoms with E-state index >= 15 is 0 Å². The number of nitrogens with one attached hydrogen (secondary N) is 1. The lowest BCUT2D eigenvalue weighted by atomic mass is 9.92. The number of alkyl halides is 3. The van der Waals surface area contributed by atoms with Crippen LogP contribution in [0.4, 0.5) is 13.2 Å². The van der Waals surface area contributed by atoms with Crippen LogP contribution in [-0.2, 0) is 13.2 Å². The molecule has 1 aliphatic heterocycles. The van der Waals surface area contributed by atoms with Crippen molar-refractivity contribution in [3.8, 4) is 0 Å². The summed E-state index contributed by atoms with van der Waals surface area (Å²) in [6.45, 7) is 3.07. The summed E-state index contributed by atoms with van der Waals surface area (Å²) in [4.78, 5) is 4.46. The van der Waals surface area contributed by atoms with Crippen molar-refractivity contribution in [3.05, 3.63) is 29.6 Å². The Balaban J connectivity index is 2.06. The summed E-state index contributed by atoms with van der Waals surface area (Å²) < 4.78 is 40.3. The van der Waals surface area contributed by atoms with E-state index in [1.54, 1.807) is 0 Å². The third kappa shape index (κ3) is 2.52. The van der Waals surface area contributed by atoms with E-state index in [9.17, 15) is 13.2 Å². The van der Waals surface area contributed by atoms with Crippen LogP contribution < -0.4 is 5.32 Å². The van der Waals surface area contributed by atoms with Gasteiger partial charge in [-0.05, 0) is 43.5 Å². The van der Waals surface area contributed by atoms with Gasteiger partial charge < -0.3 is 9.88 Å². The second kappa shape index (κ2) is 5.02. The number of hydrogen-bond donors (Lipinski definition) is 1. The molecule has 2 atom stereocenters. The van der Waals surface area contributed by atoms with Crippen LogP contribution in [0, 0.1) is 5.92 Å². The number of nitrogens with zero attached hydrogens (tertiary/aromatic N) is 2. The van der Waals surface area contributed by atoms with Crippen LogP contribution in [0.5, 0.6) is 0 Å². The molecular weight excluding hydrogens is 279 g/mol. The topological polar surface area (TPSA) is 29.9 Å². The number of halogens is 3. The molecule has 1 aromatic heterocycles. The van der Waals surface area contributed by atoms with E-state index in [-0.39, 0.29) is 6.04 Å². The molecule has 1 aliphatic rings. The van der Waals surface area contributed by atoms with Gasteiger partial charge in [-0.2, -0.15) is 13.2 Å². The molecule has 0 radical (unpaired) electrons. The largest absolute Gasteiger partial charge is 0.416 e. The molecule has 0 bridgehead atoms. The maximum Gasteiger partial charge on any atom is 0.416 e. The zero-order valence-corrected chi connectivity index (χ0v) is 12.0. The number of aromatic nitrogens is 2. The monoisotopic (exact) mass is 297 g/mol. The van der Waals surface area contributed by atoms with Crippen molar-refractivity contribution in [2.75, 3.05) is 6.54 Å². The fourth-order valence-corrected chi connectivity index (χ4v) is 3.07. The Hall–Kier alpha value is -1.56. The van der Waals surface area contributed by atoms with E-state index in [4.69, 9.17) is 0 Å². The van der Waals surface area contributed by atoms with Gasteiger partial charge in [0.1, 0.15) is 5.82 Å². The van der Waals surface area contributed by atoms with E-state index in [1.165, 1.54) is 6.07 Å². The molecule has 1 aromatic carbocycles. The molecule has 1 fully saturated rings. The smallest absolute Gasteiger partial charge is 0.330 e. The van der Waals surface area contributed by atoms with Crippen LogP contribution in [0.25, 0.3) is 11.0 Å². The third-order valence-corrected chi connectivity index (χ3v) is 4.29. The van der Waals surface area contributed by atoms with E-state index in [2.05, 4.69) is 17.2 Å². The van der Waals surface area contributed by atoms with Crippen molar-refractivity contribution >= 4 is 11.0 Å². The highest BCUT2D eigenvalue weighted by atomic mass is 19.4. The molecule has 2 heterocycles. The molecule has 114 valence electrons. The molecule has 2 aromatic rings. The van der Waals surface area contributed by atoms with E-state index < -0.39 is 11.7 Å². The van der Waals surface area contributed by atoms with Gasteiger partial charge in [-0.25, -0.2) is 4.98 Å². The third-order valence-electron chi connectivity index (χ3n) is 4.29. The summed E-state index contributed by atoms with van der Waals surface area (Å²) in [5.74, 6) is 1.24. The molecule has 0 spiro atoms. The van der Waals surface area contributed by atoms with Gasteiger partial charge in [0.05, 0.1) is 22.6 Å². The highest BCUT2D eigenvalue weighted by molar-refractivity contribution is 5.77. The normalized spacial score (nSPS) is 23.7. The summed E-state index contributed by atoms with van der Waals surface area (Å²) in [6, 6.07) is 3.85. The van der Waals surface area contributed by atoms with Crippen LogP contribution >= 0.6 is 0 Å². The van der Waals surface area contributed by atoms with E-state index in [0.717, 1.165) is 42.9 Å². The first-order valence-electron chi connectivity index (χ1n) is 7.15. The van der Waals surface area contributed by atoms with Crippen molar-refractivity contribution in [2.24, 2.45) is 13.0 Å². The van der Waals surface area contributed by atoms with Gasteiger partial charge in [0.15, 0.2) is 0 Å². The predicted molar refractivity (Wildman–Crippen MR) is 74.9 cm³/mol. The number of benzene rings is 1. The fourth-order valence-electron chi connectivity index (χ4n) is 3.07. The van der Waals surface area contributed by atoms with Crippen molar-refractivity contribution in [1.29, 1.82) is 0 Å². The molecule has 0 saturated carbocycles. The van der Waals surface area contributed by atoms with Crippen LogP contribution in [0.1, 0.15) is 37.2 Å².